The van der Waals surface area contributed by atoms with E-state index in [0.29, 0.717) is 0 Å². The molecule has 1 aromatic rings. The van der Waals surface area contributed by atoms with E-state index in [1.54, 1.807) is 0 Å². The first-order valence-corrected chi connectivity index (χ1v) is 13.0. The number of hydrogen-bond acceptors (Lipinski definition) is 5. The van der Waals surface area contributed by atoms with E-state index in [1.807, 2.05) is 0 Å². The van der Waals surface area contributed by atoms with Crippen LogP contribution in [-0.2, 0) is 16.3 Å². The van der Waals surface area contributed by atoms with Crippen molar-refractivity contribution in [3.63, 3.8) is 0 Å². The summed E-state index contributed by atoms with van der Waals surface area (Å²) in [4.78, 5) is -1.13. The Balaban J connectivity index is 0.00000222. The van der Waals surface area contributed by atoms with Gasteiger partial charge in [-0.1, -0.05) is 0 Å². The second-order valence-electron chi connectivity index (χ2n) is 7.91. The topological polar surface area (TPSA) is 75.7 Å². The molecule has 0 saturated carbocycles. The Morgan fingerprint density at radius 3 is 1.14 bits per heavy atom. The number of rotatable bonds is 6. The summed E-state index contributed by atoms with van der Waals surface area (Å²) in [6, 6.07) is 0.898. The van der Waals surface area contributed by atoms with E-state index in [9.17, 15) is 65.7 Å². The zero-order valence-electron chi connectivity index (χ0n) is 18.3. The van der Waals surface area contributed by atoms with Gasteiger partial charge in [-0.3, -0.25) is 0 Å². The zero-order chi connectivity index (χ0) is 29.1. The molecule has 36 heavy (non-hydrogen) atoms. The Morgan fingerprint density at radius 1 is 0.694 bits per heavy atom. The van der Waals surface area contributed by atoms with Crippen molar-refractivity contribution in [2.45, 2.75) is 41.8 Å². The van der Waals surface area contributed by atoms with Gasteiger partial charge in [0.25, 0.3) is 0 Å². The van der Waals surface area contributed by atoms with Crippen LogP contribution in [0.3, 0.4) is 0 Å². The molecule has 0 saturated heterocycles. The van der Waals surface area contributed by atoms with Crippen LogP contribution in [0.5, 0.6) is 0 Å². The Bertz CT molecular complexity index is 869. The van der Waals surface area contributed by atoms with Crippen LogP contribution in [-0.4, -0.2) is 82.6 Å². The van der Waals surface area contributed by atoms with Crippen molar-refractivity contribution in [1.82, 2.24) is 0 Å². The van der Waals surface area contributed by atoms with Gasteiger partial charge in [0.15, 0.2) is 0 Å². The van der Waals surface area contributed by atoms with E-state index in [2.05, 4.69) is 34.3 Å². The maximum absolute atomic E-state index is 12.7. The SMILES string of the molecule is C[N+](C)(C)C.O=S(=O)([O-])c1ccc(I(OC(C(F)(F)F)C(F)(F)F)OC(C(F)(F)F)C(F)(F)F)cc1. The first-order chi connectivity index (χ1) is 15.5. The van der Waals surface area contributed by atoms with Gasteiger partial charge in [-0.2, -0.15) is 0 Å². The van der Waals surface area contributed by atoms with Crippen molar-refractivity contribution in [2.24, 2.45) is 0 Å². The van der Waals surface area contributed by atoms with Crippen molar-refractivity contribution in [3.05, 3.63) is 27.8 Å². The maximum atomic E-state index is 12.7. The fourth-order valence-electron chi connectivity index (χ4n) is 1.56. The number of nitrogens with zero attached hydrogens (tertiary/aromatic N) is 1. The molecule has 0 bridgehead atoms. The van der Waals surface area contributed by atoms with Crippen molar-refractivity contribution < 1.29 is 76.3 Å². The number of alkyl halides is 12. The average Bonchev–Trinajstić information content (AvgIpc) is 2.55. The third-order valence-corrected chi connectivity index (χ3v) is 7.34. The summed E-state index contributed by atoms with van der Waals surface area (Å²) in [6.07, 6.45) is -34.8. The summed E-state index contributed by atoms with van der Waals surface area (Å²) in [5, 5.41) is 0. The standard InChI is InChI=1S/C12H7F12IO5S.C4H12N/c13-9(14,15)7(10(16,17)18)29-25(30-8(11(19,20)21)12(22,23)24)5-1-3-6(4-2-5)31(26,27)28;1-5(2,3)4/h1-4,7-8H,(H,26,27,28);1-4H3/q;+1/p-1. The van der Waals surface area contributed by atoms with Crippen LogP contribution in [0.4, 0.5) is 52.7 Å². The van der Waals surface area contributed by atoms with Crippen LogP contribution in [0, 0.1) is 3.57 Å². The molecule has 20 heteroatoms. The second kappa shape index (κ2) is 11.7. The van der Waals surface area contributed by atoms with Crippen molar-refractivity contribution in [2.75, 3.05) is 28.2 Å². The summed E-state index contributed by atoms with van der Waals surface area (Å²) in [5.74, 6) is 0. The number of benzene rings is 1. The molecule has 0 unspecified atom stereocenters. The minimum absolute atomic E-state index is 0.212. The minimum atomic E-state index is -6.30. The van der Waals surface area contributed by atoms with Gasteiger partial charge >= 0.3 is 172 Å². The predicted octanol–water partition coefficient (Wildman–Crippen LogP) is 5.44. The van der Waals surface area contributed by atoms with Gasteiger partial charge in [0.1, 0.15) is 0 Å². The van der Waals surface area contributed by atoms with E-state index in [-0.39, 0.29) is 24.3 Å². The van der Waals surface area contributed by atoms with Crippen LogP contribution in [0.25, 0.3) is 0 Å². The molecule has 1 rings (SSSR count). The molecule has 0 heterocycles. The Kier molecular flexibility index (Phi) is 11.4. The summed E-state index contributed by atoms with van der Waals surface area (Å²) in [6.45, 7) is 0. The third kappa shape index (κ3) is 12.9. The van der Waals surface area contributed by atoms with Crippen LogP contribution in [0.15, 0.2) is 29.2 Å². The Labute approximate surface area is 205 Å². The van der Waals surface area contributed by atoms with Crippen molar-refractivity contribution in [3.8, 4) is 0 Å². The molecule has 0 fully saturated rings. The molecular formula is C16H18F12INO5S. The quantitative estimate of drug-likeness (QED) is 0.172. The van der Waals surface area contributed by atoms with Gasteiger partial charge in [-0.25, -0.2) is 0 Å². The van der Waals surface area contributed by atoms with E-state index in [4.69, 9.17) is 0 Å². The molecule has 0 atom stereocenters. The van der Waals surface area contributed by atoms with Crippen molar-refractivity contribution in [1.29, 1.82) is 0 Å². The number of halogens is 13. The molecular weight excluding hydrogens is 673 g/mol. The molecule has 0 aliphatic heterocycles. The van der Waals surface area contributed by atoms with E-state index in [1.165, 1.54) is 0 Å². The first-order valence-electron chi connectivity index (χ1n) is 8.71. The summed E-state index contributed by atoms with van der Waals surface area (Å²) >= 11 is -5.58. The van der Waals surface area contributed by atoms with Gasteiger partial charge in [0.05, 0.1) is 28.2 Å². The third-order valence-electron chi connectivity index (χ3n) is 2.81. The zero-order valence-corrected chi connectivity index (χ0v) is 21.2. The number of hydrogen-bond donors (Lipinski definition) is 0. The fourth-order valence-corrected chi connectivity index (χ4v) is 5.76. The molecule has 214 valence electrons. The van der Waals surface area contributed by atoms with Crippen molar-refractivity contribution >= 4 is 30.8 Å². The predicted molar refractivity (Wildman–Crippen MR) is 105 cm³/mol. The summed E-state index contributed by atoms with van der Waals surface area (Å²) < 4.78 is 191. The van der Waals surface area contributed by atoms with Gasteiger partial charge in [0, 0.05) is 0 Å². The molecule has 0 aromatic heterocycles. The van der Waals surface area contributed by atoms with Crippen LogP contribution in [0.2, 0.25) is 0 Å². The second-order valence-corrected chi connectivity index (χ2v) is 12.8. The first kappa shape index (κ1) is 34.9. The Morgan fingerprint density at radius 2 is 0.944 bits per heavy atom. The van der Waals surface area contributed by atoms with Crippen LogP contribution < -0.4 is 0 Å². The Hall–Kier alpha value is -1.10. The van der Waals surface area contributed by atoms with Gasteiger partial charge < -0.3 is 4.48 Å². The van der Waals surface area contributed by atoms with E-state index < -0.39 is 76.1 Å². The monoisotopic (exact) mass is 691 g/mol. The molecule has 0 aliphatic rings. The van der Waals surface area contributed by atoms with Gasteiger partial charge in [-0.05, 0) is 0 Å². The average molecular weight is 691 g/mol. The molecule has 0 aliphatic carbocycles. The number of quaternary nitrogens is 1. The molecule has 0 amide bonds. The molecule has 0 N–H and O–H groups in total. The van der Waals surface area contributed by atoms with Gasteiger partial charge in [-0.15, -0.1) is 0 Å². The van der Waals surface area contributed by atoms with Crippen LogP contribution >= 0.6 is 20.6 Å². The normalized spacial score (nSPS) is 14.6. The molecule has 0 radical (unpaired) electrons. The summed E-state index contributed by atoms with van der Waals surface area (Å²) in [7, 11) is 3.28. The van der Waals surface area contributed by atoms with Gasteiger partial charge in [0.2, 0.25) is 0 Å². The van der Waals surface area contributed by atoms with E-state index in [0.717, 1.165) is 4.48 Å². The van der Waals surface area contributed by atoms with Crippen LogP contribution in [0.1, 0.15) is 0 Å². The molecule has 0 spiro atoms. The summed E-state index contributed by atoms with van der Waals surface area (Å²) in [5.41, 5.74) is 0. The fraction of sp³-hybridized carbons (Fsp3) is 0.625. The van der Waals surface area contributed by atoms with E-state index >= 15 is 0 Å². The molecule has 6 nitrogen and oxygen atoms in total. The molecule has 1 aromatic carbocycles.